The summed E-state index contributed by atoms with van der Waals surface area (Å²) < 4.78 is 11.6. The van der Waals surface area contributed by atoms with Crippen LogP contribution in [0.2, 0.25) is 0 Å². The Morgan fingerprint density at radius 1 is 1.35 bits per heavy atom. The zero-order valence-corrected chi connectivity index (χ0v) is 11.7. The molecule has 0 radical (unpaired) electrons. The van der Waals surface area contributed by atoms with Gasteiger partial charge in [0, 0.05) is 32.1 Å². The molecule has 2 heterocycles. The molecular weight excluding hydrogens is 238 g/mol. The fourth-order valence-electron chi connectivity index (χ4n) is 2.87. The molecule has 0 saturated carbocycles. The lowest BCUT2D eigenvalue weighted by atomic mass is 10.0. The van der Waals surface area contributed by atoms with Crippen molar-refractivity contribution in [2.75, 3.05) is 32.1 Å². The Labute approximate surface area is 109 Å². The van der Waals surface area contributed by atoms with E-state index in [-0.39, 0.29) is 11.7 Å². The van der Waals surface area contributed by atoms with Gasteiger partial charge >= 0.3 is 0 Å². The summed E-state index contributed by atoms with van der Waals surface area (Å²) in [5, 5.41) is 0. The topological polar surface area (TPSA) is 21.7 Å². The Morgan fingerprint density at radius 2 is 2.18 bits per heavy atom. The van der Waals surface area contributed by atoms with E-state index in [9.17, 15) is 0 Å². The third-order valence-electron chi connectivity index (χ3n) is 3.52. The van der Waals surface area contributed by atoms with Gasteiger partial charge in [0.15, 0.2) is 0 Å². The van der Waals surface area contributed by atoms with Crippen LogP contribution in [-0.4, -0.2) is 54.8 Å². The van der Waals surface area contributed by atoms with Gasteiger partial charge in [0.1, 0.15) is 0 Å². The monoisotopic (exact) mass is 261 g/mol. The zero-order valence-electron chi connectivity index (χ0n) is 11.0. The number of hydrogen-bond acceptors (Lipinski definition) is 3. The summed E-state index contributed by atoms with van der Waals surface area (Å²) in [4.78, 5) is 2.47. The standard InChI is InChI=1S/C13H24ClNO2/c1-13(2)10-15(9-12(8-14)17-13)6-5-11-4-3-7-16-11/h11-12H,3-10H2,1-2H3. The fraction of sp³-hybridized carbons (Fsp3) is 1.00. The molecule has 2 rings (SSSR count). The van der Waals surface area contributed by atoms with Crippen molar-refractivity contribution >= 4 is 11.6 Å². The first-order chi connectivity index (χ1) is 8.09. The van der Waals surface area contributed by atoms with E-state index in [0.29, 0.717) is 12.0 Å². The van der Waals surface area contributed by atoms with Gasteiger partial charge in [-0.3, -0.25) is 4.90 Å². The highest BCUT2D eigenvalue weighted by Crippen LogP contribution is 2.23. The van der Waals surface area contributed by atoms with Crippen LogP contribution in [0.25, 0.3) is 0 Å². The van der Waals surface area contributed by atoms with Crippen molar-refractivity contribution in [2.45, 2.75) is 50.9 Å². The van der Waals surface area contributed by atoms with E-state index in [1.165, 1.54) is 12.8 Å². The van der Waals surface area contributed by atoms with Gasteiger partial charge in [-0.25, -0.2) is 0 Å². The normalized spacial score (nSPS) is 34.1. The van der Waals surface area contributed by atoms with Crippen LogP contribution >= 0.6 is 11.6 Å². The summed E-state index contributed by atoms with van der Waals surface area (Å²) in [6.07, 6.45) is 4.25. The minimum absolute atomic E-state index is 0.0751. The van der Waals surface area contributed by atoms with Crippen molar-refractivity contribution in [3.8, 4) is 0 Å². The number of nitrogens with zero attached hydrogens (tertiary/aromatic N) is 1. The molecule has 2 atom stereocenters. The summed E-state index contributed by atoms with van der Waals surface area (Å²) >= 11 is 5.92. The molecule has 2 saturated heterocycles. The van der Waals surface area contributed by atoms with E-state index in [1.807, 2.05) is 0 Å². The van der Waals surface area contributed by atoms with Crippen LogP contribution in [0.15, 0.2) is 0 Å². The highest BCUT2D eigenvalue weighted by atomic mass is 35.5. The Kier molecular flexibility index (Phi) is 4.70. The van der Waals surface area contributed by atoms with E-state index < -0.39 is 0 Å². The average molecular weight is 262 g/mol. The Morgan fingerprint density at radius 3 is 2.82 bits per heavy atom. The molecule has 2 fully saturated rings. The maximum atomic E-state index is 5.92. The molecule has 2 unspecified atom stereocenters. The second-order valence-electron chi connectivity index (χ2n) is 5.81. The maximum Gasteiger partial charge on any atom is 0.0844 e. The molecule has 0 bridgehead atoms. The molecule has 0 aliphatic carbocycles. The van der Waals surface area contributed by atoms with Crippen molar-refractivity contribution in [3.63, 3.8) is 0 Å². The predicted octanol–water partition coefficient (Wildman–Crippen LogP) is 2.27. The SMILES string of the molecule is CC1(C)CN(CCC2CCCO2)CC(CCl)O1. The van der Waals surface area contributed by atoms with E-state index in [2.05, 4.69) is 18.7 Å². The minimum Gasteiger partial charge on any atom is -0.378 e. The summed E-state index contributed by atoms with van der Waals surface area (Å²) in [5.74, 6) is 0.583. The van der Waals surface area contributed by atoms with E-state index in [1.54, 1.807) is 0 Å². The van der Waals surface area contributed by atoms with Crippen molar-refractivity contribution in [2.24, 2.45) is 0 Å². The van der Waals surface area contributed by atoms with Crippen LogP contribution in [0.5, 0.6) is 0 Å². The molecule has 0 spiro atoms. The van der Waals surface area contributed by atoms with Gasteiger partial charge in [0.2, 0.25) is 0 Å². The molecule has 0 aromatic heterocycles. The first-order valence-electron chi connectivity index (χ1n) is 6.67. The van der Waals surface area contributed by atoms with Crippen LogP contribution in [0.3, 0.4) is 0 Å². The van der Waals surface area contributed by atoms with E-state index in [4.69, 9.17) is 21.1 Å². The van der Waals surface area contributed by atoms with Gasteiger partial charge in [-0.05, 0) is 33.1 Å². The lowest BCUT2D eigenvalue weighted by molar-refractivity contribution is -0.128. The predicted molar refractivity (Wildman–Crippen MR) is 69.7 cm³/mol. The molecular formula is C13H24ClNO2. The van der Waals surface area contributed by atoms with Crippen LogP contribution in [0.1, 0.15) is 33.1 Å². The molecule has 4 heteroatoms. The fourth-order valence-corrected chi connectivity index (χ4v) is 3.03. The van der Waals surface area contributed by atoms with Crippen molar-refractivity contribution in [1.82, 2.24) is 4.90 Å². The zero-order chi connectivity index (χ0) is 12.3. The highest BCUT2D eigenvalue weighted by Gasteiger charge is 2.33. The van der Waals surface area contributed by atoms with Gasteiger partial charge in [0.25, 0.3) is 0 Å². The van der Waals surface area contributed by atoms with Crippen LogP contribution < -0.4 is 0 Å². The number of rotatable bonds is 4. The second-order valence-corrected chi connectivity index (χ2v) is 6.12. The molecule has 2 aliphatic heterocycles. The quantitative estimate of drug-likeness (QED) is 0.725. The van der Waals surface area contributed by atoms with E-state index in [0.717, 1.165) is 32.7 Å². The molecule has 100 valence electrons. The molecule has 0 amide bonds. The Hall–Kier alpha value is 0.170. The third kappa shape index (κ3) is 4.09. The highest BCUT2D eigenvalue weighted by molar-refractivity contribution is 6.18. The van der Waals surface area contributed by atoms with Crippen LogP contribution in [0.4, 0.5) is 0 Å². The van der Waals surface area contributed by atoms with Gasteiger partial charge in [0.05, 0.1) is 17.8 Å². The van der Waals surface area contributed by atoms with Crippen molar-refractivity contribution in [3.05, 3.63) is 0 Å². The van der Waals surface area contributed by atoms with E-state index >= 15 is 0 Å². The molecule has 0 aromatic rings. The van der Waals surface area contributed by atoms with Crippen molar-refractivity contribution in [1.29, 1.82) is 0 Å². The number of alkyl halides is 1. The molecule has 2 aliphatic rings. The first kappa shape index (κ1) is 13.6. The van der Waals surface area contributed by atoms with Crippen molar-refractivity contribution < 1.29 is 9.47 Å². The first-order valence-corrected chi connectivity index (χ1v) is 7.20. The Balaban J connectivity index is 1.78. The van der Waals surface area contributed by atoms with Gasteiger partial charge in [-0.15, -0.1) is 11.6 Å². The molecule has 0 aromatic carbocycles. The number of halogens is 1. The lowest BCUT2D eigenvalue weighted by Gasteiger charge is -2.42. The van der Waals surface area contributed by atoms with Crippen LogP contribution in [-0.2, 0) is 9.47 Å². The van der Waals surface area contributed by atoms with Crippen LogP contribution in [0, 0.1) is 0 Å². The second kappa shape index (κ2) is 5.87. The smallest absolute Gasteiger partial charge is 0.0844 e. The van der Waals surface area contributed by atoms with Gasteiger partial charge in [-0.2, -0.15) is 0 Å². The number of hydrogen-bond donors (Lipinski definition) is 0. The van der Waals surface area contributed by atoms with Gasteiger partial charge in [-0.1, -0.05) is 0 Å². The third-order valence-corrected chi connectivity index (χ3v) is 3.86. The number of ether oxygens (including phenoxy) is 2. The lowest BCUT2D eigenvalue weighted by Crippen LogP contribution is -2.53. The maximum absolute atomic E-state index is 5.92. The summed E-state index contributed by atoms with van der Waals surface area (Å²) in [7, 11) is 0. The summed E-state index contributed by atoms with van der Waals surface area (Å²) in [6, 6.07) is 0. The Bertz CT molecular complexity index is 242. The molecule has 17 heavy (non-hydrogen) atoms. The average Bonchev–Trinajstić information content (AvgIpc) is 2.77. The largest absolute Gasteiger partial charge is 0.378 e. The summed E-state index contributed by atoms with van der Waals surface area (Å²) in [5.41, 5.74) is -0.0751. The van der Waals surface area contributed by atoms with Gasteiger partial charge < -0.3 is 9.47 Å². The molecule has 0 N–H and O–H groups in total. The summed E-state index contributed by atoms with van der Waals surface area (Å²) in [6.45, 7) is 8.29. The number of morpholine rings is 1. The molecule has 3 nitrogen and oxygen atoms in total. The minimum atomic E-state index is -0.0751.